The fourth-order valence-electron chi connectivity index (χ4n) is 2.29. The zero-order valence-electron chi connectivity index (χ0n) is 11.6. The molecule has 5 heteroatoms. The predicted octanol–water partition coefficient (Wildman–Crippen LogP) is 3.21. The Morgan fingerprint density at radius 2 is 2.00 bits per heavy atom. The van der Waals surface area contributed by atoms with Gasteiger partial charge in [0.1, 0.15) is 0 Å². The second-order valence-corrected chi connectivity index (χ2v) is 6.14. The molecule has 104 valence electrons. The Balaban J connectivity index is 2.14. The molecule has 1 fully saturated rings. The van der Waals surface area contributed by atoms with Crippen molar-refractivity contribution in [3.05, 3.63) is 39.6 Å². The van der Waals surface area contributed by atoms with Crippen LogP contribution in [0.25, 0.3) is 0 Å². The molecule has 0 bridgehead atoms. The third kappa shape index (κ3) is 2.41. The number of ketones is 1. The lowest BCUT2D eigenvalue weighted by molar-refractivity contribution is 0.102. The molecule has 0 radical (unpaired) electrons. The Kier molecular flexibility index (Phi) is 3.22. The van der Waals surface area contributed by atoms with Gasteiger partial charge in [-0.3, -0.25) is 4.79 Å². The van der Waals surface area contributed by atoms with Gasteiger partial charge in [-0.25, -0.2) is 4.99 Å². The summed E-state index contributed by atoms with van der Waals surface area (Å²) >= 11 is 1.48. The summed E-state index contributed by atoms with van der Waals surface area (Å²) < 4.78 is 2.21. The fourth-order valence-corrected chi connectivity index (χ4v) is 3.40. The van der Waals surface area contributed by atoms with Gasteiger partial charge in [0.05, 0.1) is 10.6 Å². The van der Waals surface area contributed by atoms with Crippen LogP contribution in [0.1, 0.15) is 41.2 Å². The van der Waals surface area contributed by atoms with Gasteiger partial charge < -0.3 is 10.3 Å². The summed E-state index contributed by atoms with van der Waals surface area (Å²) in [5.41, 5.74) is 8.32. The molecule has 4 nitrogen and oxygen atoms in total. The third-order valence-electron chi connectivity index (χ3n) is 3.44. The van der Waals surface area contributed by atoms with Gasteiger partial charge in [-0.05, 0) is 44.0 Å². The number of anilines is 1. The minimum Gasteiger partial charge on any atom is -0.399 e. The number of hydrogen-bond donors (Lipinski definition) is 1. The molecular formula is C15H17N3OS. The third-order valence-corrected chi connectivity index (χ3v) is 4.70. The number of benzene rings is 1. The maximum Gasteiger partial charge on any atom is 0.191 e. The van der Waals surface area contributed by atoms with Gasteiger partial charge in [0.15, 0.2) is 10.6 Å². The lowest BCUT2D eigenvalue weighted by Gasteiger charge is -2.03. The topological polar surface area (TPSA) is 60.4 Å². The monoisotopic (exact) mass is 287 g/mol. The molecule has 3 rings (SSSR count). The van der Waals surface area contributed by atoms with E-state index in [-0.39, 0.29) is 5.78 Å². The van der Waals surface area contributed by atoms with Crippen LogP contribution in [0.3, 0.4) is 0 Å². The van der Waals surface area contributed by atoms with Crippen molar-refractivity contribution in [2.24, 2.45) is 4.99 Å². The largest absolute Gasteiger partial charge is 0.399 e. The number of Topliss-reactive ketones (excluding diaryl/α,β-unsaturated/α-hetero) is 1. The molecule has 0 aliphatic heterocycles. The van der Waals surface area contributed by atoms with Gasteiger partial charge in [0, 0.05) is 24.3 Å². The van der Waals surface area contributed by atoms with Crippen LogP contribution in [0.4, 0.5) is 11.4 Å². The summed E-state index contributed by atoms with van der Waals surface area (Å²) in [7, 11) is 0. The van der Waals surface area contributed by atoms with E-state index in [1.165, 1.54) is 24.2 Å². The predicted molar refractivity (Wildman–Crippen MR) is 81.4 cm³/mol. The first kappa shape index (κ1) is 13.1. The lowest BCUT2D eigenvalue weighted by atomic mass is 10.3. The van der Waals surface area contributed by atoms with Crippen molar-refractivity contribution in [2.45, 2.75) is 32.7 Å². The number of nitrogen functional groups attached to an aromatic ring is 1. The molecular weight excluding hydrogens is 270 g/mol. The lowest BCUT2D eigenvalue weighted by Crippen LogP contribution is -2.14. The zero-order valence-corrected chi connectivity index (χ0v) is 12.4. The highest BCUT2D eigenvalue weighted by molar-refractivity contribution is 7.11. The summed E-state index contributed by atoms with van der Waals surface area (Å²) in [5, 5.41) is 0. The van der Waals surface area contributed by atoms with Gasteiger partial charge in [0.25, 0.3) is 0 Å². The summed E-state index contributed by atoms with van der Waals surface area (Å²) in [5.74, 6) is 0.112. The average molecular weight is 287 g/mol. The first-order valence-electron chi connectivity index (χ1n) is 6.69. The van der Waals surface area contributed by atoms with Crippen LogP contribution in [0.15, 0.2) is 29.3 Å². The number of rotatable bonds is 3. The molecule has 1 aromatic heterocycles. The van der Waals surface area contributed by atoms with Crippen LogP contribution in [0, 0.1) is 6.92 Å². The average Bonchev–Trinajstić information content (AvgIpc) is 3.17. The van der Waals surface area contributed by atoms with E-state index in [1.54, 1.807) is 6.92 Å². The van der Waals surface area contributed by atoms with E-state index in [0.717, 1.165) is 26.7 Å². The van der Waals surface area contributed by atoms with Crippen molar-refractivity contribution in [3.8, 4) is 0 Å². The molecule has 0 spiro atoms. The standard InChI is InChI=1S/C15H17N3OS/c1-9-14(10(2)19)20-15(18(9)13-7-8-13)17-12-5-3-11(16)4-6-12/h3-6,13H,7-8,16H2,1-2H3/b17-15-. The molecule has 0 atom stereocenters. The Labute approximate surface area is 121 Å². The molecule has 0 saturated heterocycles. The quantitative estimate of drug-likeness (QED) is 0.696. The van der Waals surface area contributed by atoms with Crippen molar-refractivity contribution >= 4 is 28.5 Å². The van der Waals surface area contributed by atoms with E-state index < -0.39 is 0 Å². The Hall–Kier alpha value is -1.88. The highest BCUT2D eigenvalue weighted by Gasteiger charge is 2.28. The Morgan fingerprint density at radius 3 is 2.55 bits per heavy atom. The van der Waals surface area contributed by atoms with Gasteiger partial charge in [-0.15, -0.1) is 0 Å². The number of aromatic nitrogens is 1. The van der Waals surface area contributed by atoms with Crippen molar-refractivity contribution in [2.75, 3.05) is 5.73 Å². The van der Waals surface area contributed by atoms with Crippen LogP contribution in [0.5, 0.6) is 0 Å². The minimum atomic E-state index is 0.112. The first-order chi connectivity index (χ1) is 9.56. The number of nitrogens with zero attached hydrogens (tertiary/aromatic N) is 2. The fraction of sp³-hybridized carbons (Fsp3) is 0.333. The number of nitrogens with two attached hydrogens (primary N) is 1. The van der Waals surface area contributed by atoms with Gasteiger partial charge in [-0.2, -0.15) is 0 Å². The molecule has 1 aliphatic carbocycles. The molecule has 1 aliphatic rings. The molecule has 20 heavy (non-hydrogen) atoms. The van der Waals surface area contributed by atoms with Gasteiger partial charge >= 0.3 is 0 Å². The molecule has 2 aromatic rings. The van der Waals surface area contributed by atoms with Crippen LogP contribution >= 0.6 is 11.3 Å². The SMILES string of the molecule is CC(=O)c1s/c(=N\c2ccc(N)cc2)n(C2CC2)c1C. The summed E-state index contributed by atoms with van der Waals surface area (Å²) in [6, 6.07) is 7.98. The van der Waals surface area contributed by atoms with E-state index in [2.05, 4.69) is 9.56 Å². The maximum atomic E-state index is 11.7. The highest BCUT2D eigenvalue weighted by Crippen LogP contribution is 2.36. The number of thiazole rings is 1. The Bertz CT molecular complexity index is 721. The maximum absolute atomic E-state index is 11.7. The van der Waals surface area contributed by atoms with Crippen LogP contribution in [0.2, 0.25) is 0 Å². The number of hydrogen-bond acceptors (Lipinski definition) is 4. The summed E-state index contributed by atoms with van der Waals surface area (Å²) in [4.78, 5) is 18.1. The smallest absolute Gasteiger partial charge is 0.191 e. The number of carbonyl (C=O) groups is 1. The van der Waals surface area contributed by atoms with Crippen LogP contribution in [-0.2, 0) is 0 Å². The van der Waals surface area contributed by atoms with E-state index in [9.17, 15) is 4.79 Å². The van der Waals surface area contributed by atoms with E-state index in [0.29, 0.717) is 6.04 Å². The number of carbonyl (C=O) groups excluding carboxylic acids is 1. The molecule has 1 heterocycles. The van der Waals surface area contributed by atoms with Crippen molar-refractivity contribution in [1.82, 2.24) is 4.57 Å². The van der Waals surface area contributed by atoms with Crippen molar-refractivity contribution in [1.29, 1.82) is 0 Å². The Morgan fingerprint density at radius 1 is 1.35 bits per heavy atom. The van der Waals surface area contributed by atoms with Gasteiger partial charge in [-0.1, -0.05) is 11.3 Å². The first-order valence-corrected chi connectivity index (χ1v) is 7.51. The van der Waals surface area contributed by atoms with Crippen LogP contribution in [-0.4, -0.2) is 10.4 Å². The van der Waals surface area contributed by atoms with Crippen molar-refractivity contribution in [3.63, 3.8) is 0 Å². The second-order valence-electron chi connectivity index (χ2n) is 5.16. The summed E-state index contributed by atoms with van der Waals surface area (Å²) in [6.07, 6.45) is 2.34. The molecule has 2 N–H and O–H groups in total. The zero-order chi connectivity index (χ0) is 14.3. The van der Waals surface area contributed by atoms with E-state index in [1.807, 2.05) is 31.2 Å². The molecule has 1 aromatic carbocycles. The van der Waals surface area contributed by atoms with Crippen molar-refractivity contribution < 1.29 is 4.79 Å². The summed E-state index contributed by atoms with van der Waals surface area (Å²) in [6.45, 7) is 3.62. The van der Waals surface area contributed by atoms with E-state index in [4.69, 9.17) is 5.73 Å². The normalized spacial score (nSPS) is 15.6. The van der Waals surface area contributed by atoms with Crippen LogP contribution < -0.4 is 10.5 Å². The molecule has 1 saturated carbocycles. The molecule has 0 unspecified atom stereocenters. The molecule has 0 amide bonds. The van der Waals surface area contributed by atoms with E-state index >= 15 is 0 Å². The highest BCUT2D eigenvalue weighted by atomic mass is 32.1. The van der Waals surface area contributed by atoms with Gasteiger partial charge in [0.2, 0.25) is 0 Å². The second kappa shape index (κ2) is 4.90. The minimum absolute atomic E-state index is 0.112.